The molecule has 2 aromatic rings. The first-order valence-corrected chi connectivity index (χ1v) is 6.55. The summed E-state index contributed by atoms with van der Waals surface area (Å²) in [6.45, 7) is 0. The zero-order valence-electron chi connectivity index (χ0n) is 9.89. The Labute approximate surface area is 128 Å². The molecule has 0 atom stereocenters. The van der Waals surface area contributed by atoms with Crippen molar-refractivity contribution in [3.8, 4) is 6.07 Å². The van der Waals surface area contributed by atoms with E-state index in [1.165, 1.54) is 6.07 Å². The molecule has 0 saturated heterocycles. The molecule has 0 radical (unpaired) electrons. The zero-order valence-corrected chi connectivity index (χ0v) is 12.2. The fourth-order valence-corrected chi connectivity index (χ4v) is 2.15. The van der Waals surface area contributed by atoms with Gasteiger partial charge < -0.3 is 10.4 Å². The largest absolute Gasteiger partial charge is 0.476 e. The van der Waals surface area contributed by atoms with Crippen molar-refractivity contribution in [1.82, 2.24) is 4.98 Å². The predicted molar refractivity (Wildman–Crippen MR) is 78.3 cm³/mol. The van der Waals surface area contributed by atoms with Crippen LogP contribution in [0.3, 0.4) is 0 Å². The Morgan fingerprint density at radius 1 is 1.40 bits per heavy atom. The minimum absolute atomic E-state index is 0.0712. The number of aromatic carboxylic acids is 1. The average molecular weight is 353 g/mol. The lowest BCUT2D eigenvalue weighted by Crippen LogP contribution is -2.04. The smallest absolute Gasteiger partial charge is 0.356 e. The summed E-state index contributed by atoms with van der Waals surface area (Å²) >= 11 is 9.07. The van der Waals surface area contributed by atoms with Gasteiger partial charge in [0, 0.05) is 4.47 Å². The maximum Gasteiger partial charge on any atom is 0.356 e. The molecule has 0 saturated carbocycles. The van der Waals surface area contributed by atoms with Crippen LogP contribution in [-0.2, 0) is 0 Å². The van der Waals surface area contributed by atoms with Gasteiger partial charge in [-0.15, -0.1) is 0 Å². The highest BCUT2D eigenvalue weighted by atomic mass is 79.9. The first-order valence-electron chi connectivity index (χ1n) is 5.38. The molecule has 5 nitrogen and oxygen atoms in total. The van der Waals surface area contributed by atoms with Crippen molar-refractivity contribution in [2.24, 2.45) is 0 Å². The van der Waals surface area contributed by atoms with Gasteiger partial charge in [0.25, 0.3) is 0 Å². The van der Waals surface area contributed by atoms with Crippen LogP contribution in [0.2, 0.25) is 5.02 Å². The summed E-state index contributed by atoms with van der Waals surface area (Å²) < 4.78 is 0.671. The molecule has 0 unspecified atom stereocenters. The van der Waals surface area contributed by atoms with Crippen LogP contribution in [0.1, 0.15) is 16.1 Å². The lowest BCUT2D eigenvalue weighted by atomic mass is 10.2. The average Bonchev–Trinajstić information content (AvgIpc) is 2.42. The first-order chi connectivity index (χ1) is 9.51. The number of nitrogens with one attached hydrogen (secondary N) is 1. The number of carboxylic acid groups (broad SMARTS) is 1. The number of rotatable bonds is 3. The Hall–Kier alpha value is -2.10. The second-order valence-electron chi connectivity index (χ2n) is 3.76. The molecule has 0 amide bonds. The number of carboxylic acids is 1. The van der Waals surface area contributed by atoms with E-state index in [1.54, 1.807) is 24.3 Å². The van der Waals surface area contributed by atoms with Crippen LogP contribution in [-0.4, -0.2) is 16.1 Å². The van der Waals surface area contributed by atoms with Crippen molar-refractivity contribution in [2.75, 3.05) is 5.32 Å². The second kappa shape index (κ2) is 5.90. The number of pyridine rings is 1. The summed E-state index contributed by atoms with van der Waals surface area (Å²) in [7, 11) is 0. The number of carbonyl (C=O) groups is 1. The molecule has 20 heavy (non-hydrogen) atoms. The van der Waals surface area contributed by atoms with Crippen molar-refractivity contribution < 1.29 is 9.90 Å². The lowest BCUT2D eigenvalue weighted by Gasteiger charge is -2.09. The molecule has 2 rings (SSSR count). The Balaban J connectivity index is 2.33. The summed E-state index contributed by atoms with van der Waals surface area (Å²) in [5.41, 5.74) is 0.953. The molecule has 1 aromatic heterocycles. The second-order valence-corrected chi connectivity index (χ2v) is 5.03. The van der Waals surface area contributed by atoms with Gasteiger partial charge in [-0.05, 0) is 46.3 Å². The topological polar surface area (TPSA) is 86.0 Å². The minimum atomic E-state index is -1.20. The van der Waals surface area contributed by atoms with Crippen LogP contribution in [0.5, 0.6) is 0 Å². The molecule has 7 heteroatoms. The highest BCUT2D eigenvalue weighted by Crippen LogP contribution is 2.27. The van der Waals surface area contributed by atoms with E-state index in [-0.39, 0.29) is 10.7 Å². The molecule has 2 N–H and O–H groups in total. The summed E-state index contributed by atoms with van der Waals surface area (Å²) in [5, 5.41) is 20.8. The van der Waals surface area contributed by atoms with Gasteiger partial charge in [-0.25, -0.2) is 9.78 Å². The predicted octanol–water partition coefficient (Wildman–Crippen LogP) is 3.81. The lowest BCUT2D eigenvalue weighted by molar-refractivity contribution is 0.0691. The van der Waals surface area contributed by atoms with Crippen LogP contribution in [0.4, 0.5) is 11.5 Å². The van der Waals surface area contributed by atoms with Crippen molar-refractivity contribution in [3.63, 3.8) is 0 Å². The van der Waals surface area contributed by atoms with E-state index in [1.807, 2.05) is 6.07 Å². The Morgan fingerprint density at radius 3 is 2.75 bits per heavy atom. The number of halogens is 2. The van der Waals surface area contributed by atoms with E-state index in [0.29, 0.717) is 21.5 Å². The fourth-order valence-electron chi connectivity index (χ4n) is 1.49. The highest BCUT2D eigenvalue weighted by Gasteiger charge is 2.12. The third kappa shape index (κ3) is 3.07. The molecule has 0 fully saturated rings. The molecule has 1 heterocycles. The van der Waals surface area contributed by atoms with Crippen LogP contribution in [0.25, 0.3) is 0 Å². The standard InChI is InChI=1S/C13H7BrClN3O2/c14-8-5-7(6-16)1-3-10(8)17-11-4-2-9(15)12(18-11)13(19)20/h1-5H,(H,17,18)(H,19,20). The van der Waals surface area contributed by atoms with Crippen LogP contribution in [0.15, 0.2) is 34.8 Å². The van der Waals surface area contributed by atoms with Crippen molar-refractivity contribution in [3.05, 3.63) is 51.1 Å². The van der Waals surface area contributed by atoms with E-state index >= 15 is 0 Å². The third-order valence-corrected chi connectivity index (χ3v) is 3.37. The number of anilines is 2. The van der Waals surface area contributed by atoms with E-state index in [0.717, 1.165) is 0 Å². The SMILES string of the molecule is N#Cc1ccc(Nc2ccc(Cl)c(C(=O)O)n2)c(Br)c1. The number of hydrogen-bond acceptors (Lipinski definition) is 4. The molecule has 0 aliphatic carbocycles. The normalized spacial score (nSPS) is 9.85. The van der Waals surface area contributed by atoms with Crippen molar-refractivity contribution in [2.45, 2.75) is 0 Å². The molecule has 100 valence electrons. The number of aromatic nitrogens is 1. The number of benzene rings is 1. The summed E-state index contributed by atoms with van der Waals surface area (Å²) in [4.78, 5) is 14.9. The Bertz CT molecular complexity index is 728. The monoisotopic (exact) mass is 351 g/mol. The quantitative estimate of drug-likeness (QED) is 0.877. The number of nitrogens with zero attached hydrogens (tertiary/aromatic N) is 2. The van der Waals surface area contributed by atoms with Gasteiger partial charge in [-0.1, -0.05) is 11.6 Å². The first kappa shape index (κ1) is 14.3. The van der Waals surface area contributed by atoms with E-state index in [4.69, 9.17) is 22.0 Å². The highest BCUT2D eigenvalue weighted by molar-refractivity contribution is 9.10. The number of hydrogen-bond donors (Lipinski definition) is 2. The van der Waals surface area contributed by atoms with Crippen LogP contribution in [0, 0.1) is 11.3 Å². The van der Waals surface area contributed by atoms with Crippen molar-refractivity contribution in [1.29, 1.82) is 5.26 Å². The summed E-state index contributed by atoms with van der Waals surface area (Å²) in [6.07, 6.45) is 0. The van der Waals surface area contributed by atoms with Crippen LogP contribution < -0.4 is 5.32 Å². The van der Waals surface area contributed by atoms with Gasteiger partial charge in [-0.2, -0.15) is 5.26 Å². The zero-order chi connectivity index (χ0) is 14.7. The fraction of sp³-hybridized carbons (Fsp3) is 0. The molecular weight excluding hydrogens is 346 g/mol. The maximum atomic E-state index is 11.0. The van der Waals surface area contributed by atoms with Gasteiger partial charge in [0.15, 0.2) is 5.69 Å². The molecule has 0 aliphatic heterocycles. The Kier molecular flexibility index (Phi) is 4.23. The van der Waals surface area contributed by atoms with Gasteiger partial charge in [0.1, 0.15) is 5.82 Å². The minimum Gasteiger partial charge on any atom is -0.476 e. The van der Waals surface area contributed by atoms with E-state index in [2.05, 4.69) is 26.2 Å². The maximum absolute atomic E-state index is 11.0. The van der Waals surface area contributed by atoms with Crippen molar-refractivity contribution >= 4 is 45.0 Å². The van der Waals surface area contributed by atoms with E-state index < -0.39 is 5.97 Å². The number of nitriles is 1. The third-order valence-electron chi connectivity index (χ3n) is 2.41. The molecule has 0 bridgehead atoms. The molecule has 1 aromatic carbocycles. The summed E-state index contributed by atoms with van der Waals surface area (Å²) in [5.74, 6) is -0.852. The van der Waals surface area contributed by atoms with E-state index in [9.17, 15) is 4.79 Å². The van der Waals surface area contributed by atoms with Gasteiger partial charge in [0.2, 0.25) is 0 Å². The van der Waals surface area contributed by atoms with Gasteiger partial charge in [-0.3, -0.25) is 0 Å². The molecule has 0 aliphatic rings. The molecular formula is C13H7BrClN3O2. The Morgan fingerprint density at radius 2 is 2.15 bits per heavy atom. The van der Waals surface area contributed by atoms with Crippen LogP contribution >= 0.6 is 27.5 Å². The molecule has 0 spiro atoms. The summed E-state index contributed by atoms with van der Waals surface area (Å²) in [6, 6.07) is 10.0. The van der Waals surface area contributed by atoms with Gasteiger partial charge in [0.05, 0.1) is 22.3 Å². The van der Waals surface area contributed by atoms with Gasteiger partial charge >= 0.3 is 5.97 Å².